The van der Waals surface area contributed by atoms with Gasteiger partial charge in [0.2, 0.25) is 17.6 Å². The van der Waals surface area contributed by atoms with E-state index < -0.39 is 0 Å². The van der Waals surface area contributed by atoms with Gasteiger partial charge in [0, 0.05) is 42.6 Å². The van der Waals surface area contributed by atoms with E-state index in [4.69, 9.17) is 21.9 Å². The van der Waals surface area contributed by atoms with Gasteiger partial charge in [-0.1, -0.05) is 16.8 Å². The first-order valence-corrected chi connectivity index (χ1v) is 9.02. The number of amides is 1. The van der Waals surface area contributed by atoms with Crippen LogP contribution in [0.2, 0.25) is 5.02 Å². The van der Waals surface area contributed by atoms with Crippen LogP contribution in [-0.2, 0) is 11.2 Å². The fourth-order valence-corrected chi connectivity index (χ4v) is 3.25. The molecule has 2 heterocycles. The third-order valence-corrected chi connectivity index (χ3v) is 5.01. The van der Waals surface area contributed by atoms with Crippen LogP contribution in [0.15, 0.2) is 28.8 Å². The zero-order chi connectivity index (χ0) is 17.8. The van der Waals surface area contributed by atoms with E-state index in [-0.39, 0.29) is 11.9 Å². The van der Waals surface area contributed by atoms with Crippen molar-refractivity contribution in [3.05, 3.63) is 35.2 Å². The molecule has 1 aromatic heterocycles. The molecule has 7 heteroatoms. The van der Waals surface area contributed by atoms with E-state index in [2.05, 4.69) is 10.1 Å². The largest absolute Gasteiger partial charge is 0.343 e. The second kappa shape index (κ2) is 7.97. The van der Waals surface area contributed by atoms with E-state index in [1.807, 2.05) is 24.0 Å². The molecule has 0 bridgehead atoms. The topological polar surface area (TPSA) is 85.2 Å². The molecule has 0 radical (unpaired) electrons. The van der Waals surface area contributed by atoms with Gasteiger partial charge in [-0.15, -0.1) is 0 Å². The summed E-state index contributed by atoms with van der Waals surface area (Å²) < 4.78 is 5.25. The highest BCUT2D eigenvalue weighted by Crippen LogP contribution is 2.21. The Labute approximate surface area is 152 Å². The van der Waals surface area contributed by atoms with Gasteiger partial charge < -0.3 is 15.2 Å². The van der Waals surface area contributed by atoms with Crippen LogP contribution in [0.4, 0.5) is 0 Å². The molecular weight excluding hydrogens is 340 g/mol. The first kappa shape index (κ1) is 17.9. The lowest BCUT2D eigenvalue weighted by Gasteiger charge is -2.33. The molecule has 3 rings (SSSR count). The molecule has 1 atom stereocenters. The zero-order valence-electron chi connectivity index (χ0n) is 14.3. The normalized spacial score (nSPS) is 16.8. The lowest BCUT2D eigenvalue weighted by Crippen LogP contribution is -2.42. The SMILES string of the molecule is CC(N)C1CCN(C(=O)CCc2nc(-c3ccc(Cl)cc3)no2)CC1. The van der Waals surface area contributed by atoms with Crippen molar-refractivity contribution in [3.8, 4) is 11.4 Å². The average Bonchev–Trinajstić information content (AvgIpc) is 3.09. The predicted octanol–water partition coefficient (Wildman–Crippen LogP) is 2.91. The zero-order valence-corrected chi connectivity index (χ0v) is 15.1. The smallest absolute Gasteiger partial charge is 0.227 e. The summed E-state index contributed by atoms with van der Waals surface area (Å²) in [5.41, 5.74) is 6.78. The predicted molar refractivity (Wildman–Crippen MR) is 96.0 cm³/mol. The maximum absolute atomic E-state index is 12.4. The molecule has 0 spiro atoms. The van der Waals surface area contributed by atoms with Crippen molar-refractivity contribution >= 4 is 17.5 Å². The number of carbonyl (C=O) groups is 1. The summed E-state index contributed by atoms with van der Waals surface area (Å²) in [5, 5.41) is 4.63. The second-order valence-corrected chi connectivity index (χ2v) is 7.03. The Morgan fingerprint density at radius 2 is 2.04 bits per heavy atom. The van der Waals surface area contributed by atoms with Gasteiger partial charge in [0.25, 0.3) is 0 Å². The van der Waals surface area contributed by atoms with Crippen LogP contribution in [0, 0.1) is 5.92 Å². The molecule has 2 N–H and O–H groups in total. The van der Waals surface area contributed by atoms with Gasteiger partial charge in [0.15, 0.2) is 0 Å². The second-order valence-electron chi connectivity index (χ2n) is 6.60. The maximum Gasteiger partial charge on any atom is 0.227 e. The molecule has 0 saturated carbocycles. The molecule has 25 heavy (non-hydrogen) atoms. The minimum Gasteiger partial charge on any atom is -0.343 e. The minimum atomic E-state index is 0.134. The van der Waals surface area contributed by atoms with Crippen molar-refractivity contribution in [1.82, 2.24) is 15.0 Å². The molecule has 1 aliphatic heterocycles. The molecule has 1 amide bonds. The molecule has 1 fully saturated rings. The molecule has 6 nitrogen and oxygen atoms in total. The summed E-state index contributed by atoms with van der Waals surface area (Å²) in [4.78, 5) is 18.6. The first-order valence-electron chi connectivity index (χ1n) is 8.65. The molecule has 2 aromatic rings. The Morgan fingerprint density at radius 3 is 2.68 bits per heavy atom. The van der Waals surface area contributed by atoms with Crippen LogP contribution in [0.25, 0.3) is 11.4 Å². The van der Waals surface area contributed by atoms with E-state index in [0.717, 1.165) is 31.5 Å². The summed E-state index contributed by atoms with van der Waals surface area (Å²) >= 11 is 5.88. The van der Waals surface area contributed by atoms with E-state index in [1.165, 1.54) is 0 Å². The number of nitrogens with two attached hydrogens (primary N) is 1. The average molecular weight is 363 g/mol. The van der Waals surface area contributed by atoms with Gasteiger partial charge >= 0.3 is 0 Å². The van der Waals surface area contributed by atoms with Gasteiger partial charge in [-0.2, -0.15) is 4.98 Å². The Hall–Kier alpha value is -1.92. The van der Waals surface area contributed by atoms with Gasteiger partial charge in [-0.3, -0.25) is 4.79 Å². The molecule has 134 valence electrons. The van der Waals surface area contributed by atoms with Crippen LogP contribution in [-0.4, -0.2) is 40.1 Å². The Morgan fingerprint density at radius 1 is 1.36 bits per heavy atom. The number of hydrogen-bond acceptors (Lipinski definition) is 5. The van der Waals surface area contributed by atoms with Crippen LogP contribution in [0.3, 0.4) is 0 Å². The molecule has 1 aliphatic rings. The summed E-state index contributed by atoms with van der Waals surface area (Å²) in [6.45, 7) is 3.60. The van der Waals surface area contributed by atoms with Crippen molar-refractivity contribution in [3.63, 3.8) is 0 Å². The number of halogens is 1. The monoisotopic (exact) mass is 362 g/mol. The minimum absolute atomic E-state index is 0.134. The standard InChI is InChI=1S/C18H23ClN4O2/c1-12(20)13-8-10-23(11-9-13)17(24)7-6-16-21-18(22-25-16)14-2-4-15(19)5-3-14/h2-5,12-13H,6-11,20H2,1H3. The van der Waals surface area contributed by atoms with Crippen LogP contribution >= 0.6 is 11.6 Å². The van der Waals surface area contributed by atoms with Crippen LogP contribution in [0.1, 0.15) is 32.1 Å². The molecular formula is C18H23ClN4O2. The van der Waals surface area contributed by atoms with E-state index in [9.17, 15) is 4.79 Å². The van der Waals surface area contributed by atoms with Gasteiger partial charge in [-0.05, 0) is 49.9 Å². The quantitative estimate of drug-likeness (QED) is 0.883. The van der Waals surface area contributed by atoms with Gasteiger partial charge in [0.1, 0.15) is 0 Å². The van der Waals surface area contributed by atoms with Crippen molar-refractivity contribution in [2.75, 3.05) is 13.1 Å². The Kier molecular flexibility index (Phi) is 5.71. The highest BCUT2D eigenvalue weighted by atomic mass is 35.5. The van der Waals surface area contributed by atoms with Crippen LogP contribution in [0.5, 0.6) is 0 Å². The summed E-state index contributed by atoms with van der Waals surface area (Å²) in [5.74, 6) is 1.64. The highest BCUT2D eigenvalue weighted by molar-refractivity contribution is 6.30. The third kappa shape index (κ3) is 4.58. The number of aryl methyl sites for hydroxylation is 1. The number of rotatable bonds is 5. The number of likely N-dealkylation sites (tertiary alicyclic amines) is 1. The number of piperidine rings is 1. The highest BCUT2D eigenvalue weighted by Gasteiger charge is 2.24. The summed E-state index contributed by atoms with van der Waals surface area (Å²) in [6.07, 6.45) is 2.78. The van der Waals surface area contributed by atoms with Crippen molar-refractivity contribution in [2.45, 2.75) is 38.6 Å². The van der Waals surface area contributed by atoms with E-state index in [1.54, 1.807) is 12.1 Å². The fourth-order valence-electron chi connectivity index (χ4n) is 3.12. The van der Waals surface area contributed by atoms with Gasteiger partial charge in [0.05, 0.1) is 0 Å². The fraction of sp³-hybridized carbons (Fsp3) is 0.500. The Balaban J connectivity index is 1.51. The van der Waals surface area contributed by atoms with Crippen molar-refractivity contribution < 1.29 is 9.32 Å². The van der Waals surface area contributed by atoms with Crippen molar-refractivity contribution in [2.24, 2.45) is 11.7 Å². The first-order chi connectivity index (χ1) is 12.0. The molecule has 0 aliphatic carbocycles. The number of aromatic nitrogens is 2. The Bertz CT molecular complexity index is 706. The number of hydrogen-bond donors (Lipinski definition) is 1. The van der Waals surface area contributed by atoms with Gasteiger partial charge in [-0.25, -0.2) is 0 Å². The van der Waals surface area contributed by atoms with E-state index in [0.29, 0.717) is 35.5 Å². The maximum atomic E-state index is 12.4. The molecule has 1 saturated heterocycles. The molecule has 1 unspecified atom stereocenters. The number of nitrogens with zero attached hydrogens (tertiary/aromatic N) is 3. The number of carbonyl (C=O) groups excluding carboxylic acids is 1. The van der Waals surface area contributed by atoms with Crippen molar-refractivity contribution in [1.29, 1.82) is 0 Å². The summed E-state index contributed by atoms with van der Waals surface area (Å²) in [6, 6.07) is 7.43. The van der Waals surface area contributed by atoms with E-state index >= 15 is 0 Å². The third-order valence-electron chi connectivity index (χ3n) is 4.76. The number of benzene rings is 1. The van der Waals surface area contributed by atoms with Crippen LogP contribution < -0.4 is 5.73 Å². The lowest BCUT2D eigenvalue weighted by atomic mass is 9.91. The lowest BCUT2D eigenvalue weighted by molar-refractivity contribution is -0.132. The molecule has 1 aromatic carbocycles. The summed E-state index contributed by atoms with van der Waals surface area (Å²) in [7, 11) is 0.